The number of rotatable bonds is 10. The average molecular weight is 1610 g/mol. The van der Waals surface area contributed by atoms with E-state index < -0.39 is 0 Å². The Hall–Kier alpha value is -5.74. The normalized spacial score (nSPS) is 8.68. The Balaban J connectivity index is -0.000000230. The third kappa shape index (κ3) is 51.6. The Morgan fingerprint density at radius 1 is 0.287 bits per heavy atom. The van der Waals surface area contributed by atoms with Gasteiger partial charge in [0.15, 0.2) is 5.16 Å². The molecule has 0 saturated heterocycles. The summed E-state index contributed by atoms with van der Waals surface area (Å²) >= 11 is 69.5. The van der Waals surface area contributed by atoms with Crippen molar-refractivity contribution in [2.75, 3.05) is 138 Å². The first kappa shape index (κ1) is 99.3. The van der Waals surface area contributed by atoms with Crippen molar-refractivity contribution < 1.29 is 29.2 Å². The largest absolute Gasteiger partial charge is 0.467 e. The van der Waals surface area contributed by atoms with Gasteiger partial charge < -0.3 is 72.9 Å². The number of nitrogens with two attached hydrogens (primary N) is 3. The Bertz CT molecular complexity index is 2540. The first-order chi connectivity index (χ1) is 44.8. The molecule has 0 saturated carbocycles. The van der Waals surface area contributed by atoms with Gasteiger partial charge in [0.25, 0.3) is 0 Å². The van der Waals surface area contributed by atoms with Crippen LogP contribution in [0.3, 0.4) is 0 Å². The van der Waals surface area contributed by atoms with E-state index in [1.807, 2.05) is 13.2 Å². The molecule has 52 heteroatoms. The van der Waals surface area contributed by atoms with Crippen molar-refractivity contribution in [3.05, 3.63) is 75.1 Å². The molecule has 0 aliphatic heterocycles. The number of aromatic nitrogens is 24. The van der Waals surface area contributed by atoms with Crippen LogP contribution in [0.25, 0.3) is 0 Å². The summed E-state index contributed by atoms with van der Waals surface area (Å²) in [6.45, 7) is 3.57. The number of aryl methyl sites for hydroxylation is 2. The van der Waals surface area contributed by atoms with Crippen LogP contribution in [0.2, 0.25) is 63.4 Å². The minimum Gasteiger partial charge on any atom is -0.467 e. The zero-order valence-electron chi connectivity index (χ0n) is 52.9. The number of nitrogens with one attached hydrogen (secondary N) is 5. The minimum atomic E-state index is 0.000000000000000444. The molecule has 528 valence electrons. The third-order valence-electron chi connectivity index (χ3n) is 6.91. The topological polar surface area (TPSA) is 525 Å². The first-order valence-corrected chi connectivity index (χ1v) is 30.5. The minimum absolute atomic E-state index is 0.000000000000000444. The van der Waals surface area contributed by atoms with Crippen molar-refractivity contribution in [2.24, 2.45) is 17.2 Å². The monoisotopic (exact) mass is 1600 g/mol. The summed E-state index contributed by atoms with van der Waals surface area (Å²) in [5.41, 5.74) is 13.5. The Kier molecular flexibility index (Phi) is 68.2. The molecule has 94 heavy (non-hydrogen) atoms. The van der Waals surface area contributed by atoms with Gasteiger partial charge in [-0.25, -0.2) is 0 Å². The molecular weight excluding hydrogens is 1540 g/mol. The summed E-state index contributed by atoms with van der Waals surface area (Å²) in [5, 5.41) is 29.0. The SMILES string of the molecule is CN.CN.CN.CNc1nc(C)nc(NC)n1.CNc1nc(Cl)nc(NC)n1.CNc1nc(Cl)nc(SC)n1.CO.CO.COc1nc(C)nc(OC)n1.COc1nc(Cl)nc(OC)n1.CS.Clc1nc(Cl)nc(Cl)n1.Clc1nc(Cl)nc(Cl)n1.Clc1nc(Cl)nc(Cl)n1. The van der Waals surface area contributed by atoms with Crippen LogP contribution in [0.4, 0.5) is 29.7 Å². The van der Waals surface area contributed by atoms with Crippen LogP contribution in [0.15, 0.2) is 5.16 Å². The molecule has 0 spiro atoms. The van der Waals surface area contributed by atoms with E-state index in [1.54, 1.807) is 48.4 Å². The summed E-state index contributed by atoms with van der Waals surface area (Å²) in [6, 6.07) is 0.826. The van der Waals surface area contributed by atoms with Gasteiger partial charge >= 0.3 is 24.0 Å². The molecule has 13 N–H and O–H groups in total. The van der Waals surface area contributed by atoms with Crippen LogP contribution in [0, 0.1) is 13.8 Å². The maximum atomic E-state index is 7.00. The van der Waals surface area contributed by atoms with Crippen molar-refractivity contribution in [2.45, 2.75) is 19.0 Å². The van der Waals surface area contributed by atoms with Crippen LogP contribution in [0.1, 0.15) is 11.6 Å². The van der Waals surface area contributed by atoms with Crippen molar-refractivity contribution >= 4 is 193 Å². The third-order valence-corrected chi connectivity index (χ3v) is 9.48. The van der Waals surface area contributed by atoms with E-state index in [0.717, 1.165) is 14.2 Å². The van der Waals surface area contributed by atoms with E-state index in [1.165, 1.54) is 61.3 Å². The van der Waals surface area contributed by atoms with Crippen LogP contribution >= 0.6 is 164 Å². The second-order valence-corrected chi connectivity index (χ2v) is 17.1. The molecule has 0 atom stereocenters. The fraction of sp³-hybridized carbons (Fsp3) is 0.429. The number of nitrogens with zero attached hydrogens (tertiary/aromatic N) is 24. The number of thiol groups is 1. The molecule has 0 aliphatic carbocycles. The van der Waals surface area contributed by atoms with Gasteiger partial charge in [0.2, 0.25) is 93.1 Å². The summed E-state index contributed by atoms with van der Waals surface area (Å²) in [4.78, 5) is 89.0. The summed E-state index contributed by atoms with van der Waals surface area (Å²) in [6.07, 6.45) is 3.57. The van der Waals surface area contributed by atoms with Gasteiger partial charge in [-0.3, -0.25) is 0 Å². The van der Waals surface area contributed by atoms with Crippen molar-refractivity contribution in [3.8, 4) is 24.0 Å². The number of halogens is 12. The fourth-order valence-corrected chi connectivity index (χ4v) is 6.54. The van der Waals surface area contributed by atoms with E-state index in [0.29, 0.717) is 46.5 Å². The molecule has 0 aromatic carbocycles. The summed E-state index contributed by atoms with van der Waals surface area (Å²) in [7, 11) is 21.1. The van der Waals surface area contributed by atoms with Crippen LogP contribution in [-0.4, -0.2) is 241 Å². The summed E-state index contributed by atoms with van der Waals surface area (Å²) < 4.78 is 19.0. The lowest BCUT2D eigenvalue weighted by atomic mass is 10.7. The van der Waals surface area contributed by atoms with Gasteiger partial charge in [-0.1, -0.05) is 11.8 Å². The molecule has 0 aliphatic rings. The highest BCUT2D eigenvalue weighted by Gasteiger charge is 2.06. The second-order valence-electron chi connectivity index (χ2n) is 12.3. The molecule has 0 fully saturated rings. The highest BCUT2D eigenvalue weighted by molar-refractivity contribution is 7.98. The van der Waals surface area contributed by atoms with Gasteiger partial charge in [-0.05, 0) is 187 Å². The number of anilines is 5. The molecule has 38 nitrogen and oxygen atoms in total. The number of ether oxygens (including phenoxy) is 4. The Morgan fingerprint density at radius 3 is 0.691 bits per heavy atom. The van der Waals surface area contributed by atoms with Crippen LogP contribution in [-0.2, 0) is 0 Å². The maximum absolute atomic E-state index is 7.00. The van der Waals surface area contributed by atoms with Gasteiger partial charge in [0.1, 0.15) is 11.6 Å². The Labute approximate surface area is 610 Å². The van der Waals surface area contributed by atoms with Gasteiger partial charge in [-0.15, -0.1) is 9.97 Å². The number of thioether (sulfide) groups is 1. The number of methoxy groups -OCH3 is 4. The number of hydrogen-bond donors (Lipinski definition) is 11. The summed E-state index contributed by atoms with van der Waals surface area (Å²) in [5.74, 6) is 3.85. The quantitative estimate of drug-likeness (QED) is 0.0490. The van der Waals surface area contributed by atoms with E-state index >= 15 is 0 Å². The van der Waals surface area contributed by atoms with Gasteiger partial charge in [0.05, 0.1) is 28.4 Å². The molecule has 0 amide bonds. The molecule has 8 heterocycles. The van der Waals surface area contributed by atoms with Crippen LogP contribution in [0.5, 0.6) is 24.0 Å². The van der Waals surface area contributed by atoms with E-state index in [2.05, 4.69) is 176 Å². The fourth-order valence-electron chi connectivity index (χ4n) is 3.84. The lowest BCUT2D eigenvalue weighted by Gasteiger charge is -2.01. The number of hydrogen-bond acceptors (Lipinski definition) is 40. The lowest BCUT2D eigenvalue weighted by molar-refractivity contribution is 0.337. The van der Waals surface area contributed by atoms with E-state index in [-0.39, 0.29) is 87.4 Å². The number of aliphatic hydroxyl groups excluding tert-OH is 2. The highest BCUT2D eigenvalue weighted by Crippen LogP contribution is 2.15. The number of aliphatic hydroxyl groups is 2. The molecule has 8 rings (SSSR count). The molecule has 0 unspecified atom stereocenters. The maximum Gasteiger partial charge on any atom is 0.323 e. The molecule has 8 aromatic rings. The second kappa shape index (κ2) is 64.6. The molecule has 0 bridgehead atoms. The van der Waals surface area contributed by atoms with Crippen LogP contribution < -0.4 is 62.7 Å². The zero-order valence-corrected chi connectivity index (χ0v) is 63.7. The van der Waals surface area contributed by atoms with Crippen molar-refractivity contribution in [1.29, 1.82) is 0 Å². The molecular formula is C42H68Cl12N32O6S2. The Morgan fingerprint density at radius 2 is 0.468 bits per heavy atom. The highest BCUT2D eigenvalue weighted by atomic mass is 35.5. The lowest BCUT2D eigenvalue weighted by Crippen LogP contribution is -2.04. The predicted octanol–water partition coefficient (Wildman–Crippen LogP) is 6.88. The zero-order chi connectivity index (χ0) is 73.9. The molecule has 0 radical (unpaired) electrons. The van der Waals surface area contributed by atoms with Crippen molar-refractivity contribution in [3.63, 3.8) is 0 Å². The smallest absolute Gasteiger partial charge is 0.323 e. The van der Waals surface area contributed by atoms with E-state index in [9.17, 15) is 0 Å². The van der Waals surface area contributed by atoms with Crippen molar-refractivity contribution in [1.82, 2.24) is 120 Å². The standard InChI is InChI=1S/C6H11N5.C6H9N3O2.C5H8ClN5.C5H7ClN4S.C5H6ClN3O2.3C3Cl3N3.3CH5N.2CH4O.CH4S/c1-4-9-5(7-2)11-6(8-3)10-4;1-4-7-5(10-2)9-6(8-4)11-3;1-7-4-9-3(6)10-5(8-2)11-4;1-7-4-8-3(6)9-5(10-4)11-2;1-10-4-7-3(6)8-5(9-4)11-2;3*4-1-7-2(5)9-3(6)8-1;6*1-2/h1-3H3,(H2,7,8,9,10,11);1-3H3;1-2H3,(H2,7,8,9,10,11);1-2H3,(H,7,8,9,10);1-2H3;;;;3*2H2,1H3;3*2H,1H3. The predicted molar refractivity (Wildman–Crippen MR) is 375 cm³/mol. The first-order valence-electron chi connectivity index (χ1n) is 23.9. The molecule has 8 aromatic heterocycles. The van der Waals surface area contributed by atoms with Gasteiger partial charge in [-0.2, -0.15) is 122 Å². The van der Waals surface area contributed by atoms with E-state index in [4.69, 9.17) is 168 Å². The van der Waals surface area contributed by atoms with Gasteiger partial charge in [0, 0.05) is 49.5 Å². The average Bonchev–Trinajstić information content (AvgIpc) is 1.57.